The molecule has 6 rings (SSSR count). The van der Waals surface area contributed by atoms with Gasteiger partial charge in [-0.2, -0.15) is 0 Å². The van der Waals surface area contributed by atoms with E-state index in [4.69, 9.17) is 4.74 Å². The molecule has 0 radical (unpaired) electrons. The summed E-state index contributed by atoms with van der Waals surface area (Å²) in [5.74, 6) is -0.173. The van der Waals surface area contributed by atoms with E-state index in [9.17, 15) is 24.6 Å². The van der Waals surface area contributed by atoms with Crippen LogP contribution in [-0.2, 0) is 16.1 Å². The van der Waals surface area contributed by atoms with Gasteiger partial charge in [0, 0.05) is 48.9 Å². The number of nitrogens with zero attached hydrogens (tertiary/aromatic N) is 1. The van der Waals surface area contributed by atoms with Crippen molar-refractivity contribution in [1.82, 2.24) is 15.2 Å². The number of piperidine rings is 1. The number of nitrogens with one attached hydrogen (secondary N) is 4. The van der Waals surface area contributed by atoms with E-state index in [2.05, 4.69) is 25.8 Å². The van der Waals surface area contributed by atoms with Crippen molar-refractivity contribution in [2.24, 2.45) is 0 Å². The van der Waals surface area contributed by atoms with Crippen LogP contribution in [0.5, 0.6) is 5.75 Å². The number of phenolic OH excluding ortho intramolecular Hbond substituents is 1. The summed E-state index contributed by atoms with van der Waals surface area (Å²) in [6.45, 7) is 2.27. The number of aromatic nitrogens is 1. The second-order valence-corrected chi connectivity index (χ2v) is 12.1. The Morgan fingerprint density at radius 1 is 0.878 bits per heavy atom. The Balaban J connectivity index is 0.909. The minimum Gasteiger partial charge on any atom is -0.506 e. The summed E-state index contributed by atoms with van der Waals surface area (Å²) in [5, 5.41) is 30.5. The van der Waals surface area contributed by atoms with Crippen LogP contribution < -0.4 is 21.5 Å². The van der Waals surface area contributed by atoms with Crippen molar-refractivity contribution in [3.8, 4) is 16.9 Å². The zero-order chi connectivity index (χ0) is 34.2. The average Bonchev–Trinajstić information content (AvgIpc) is 3.11. The number of aromatic amines is 1. The van der Waals surface area contributed by atoms with E-state index in [-0.39, 0.29) is 36.4 Å². The molecule has 1 aliphatic heterocycles. The lowest BCUT2D eigenvalue weighted by Crippen LogP contribution is -2.42. The molecule has 5 aromatic rings. The Morgan fingerprint density at radius 2 is 1.61 bits per heavy atom. The highest BCUT2D eigenvalue weighted by Gasteiger charge is 2.24. The van der Waals surface area contributed by atoms with Crippen LogP contribution in [0, 0.1) is 0 Å². The summed E-state index contributed by atoms with van der Waals surface area (Å²) in [6, 6.07) is 31.0. The molecule has 6 N–H and O–H groups in total. The molecule has 11 nitrogen and oxygen atoms in total. The second-order valence-electron chi connectivity index (χ2n) is 12.1. The Hall–Kier alpha value is -5.49. The molecule has 252 valence electrons. The van der Waals surface area contributed by atoms with Gasteiger partial charge in [0.2, 0.25) is 11.5 Å². The largest absolute Gasteiger partial charge is 0.506 e. The van der Waals surface area contributed by atoms with E-state index >= 15 is 0 Å². The number of phenols is 1. The van der Waals surface area contributed by atoms with Crippen LogP contribution in [0.3, 0.4) is 0 Å². The maximum absolute atomic E-state index is 12.8. The number of amides is 2. The Labute approximate surface area is 283 Å². The Morgan fingerprint density at radius 3 is 2.39 bits per heavy atom. The lowest BCUT2D eigenvalue weighted by atomic mass is 10.0. The van der Waals surface area contributed by atoms with E-state index < -0.39 is 12.2 Å². The maximum Gasteiger partial charge on any atom is 0.411 e. The first-order valence-corrected chi connectivity index (χ1v) is 16.3. The van der Waals surface area contributed by atoms with Crippen LogP contribution in [0.15, 0.2) is 108 Å². The number of H-pyrrole nitrogens is 1. The number of rotatable bonds is 11. The van der Waals surface area contributed by atoms with Crippen molar-refractivity contribution in [3.05, 3.63) is 125 Å². The number of carbonyl (C=O) groups excluding carboxylic acids is 2. The van der Waals surface area contributed by atoms with E-state index in [1.807, 2.05) is 78.9 Å². The molecule has 2 amide bonds. The number of carbonyl (C=O) groups is 2. The average molecular weight is 662 g/mol. The number of ether oxygens (including phenoxy) is 1. The molecule has 0 saturated carbocycles. The zero-order valence-corrected chi connectivity index (χ0v) is 26.9. The third kappa shape index (κ3) is 8.71. The highest BCUT2D eigenvalue weighted by molar-refractivity contribution is 5.93. The smallest absolute Gasteiger partial charge is 0.411 e. The van der Waals surface area contributed by atoms with Gasteiger partial charge in [0.15, 0.2) is 0 Å². The fourth-order valence-corrected chi connectivity index (χ4v) is 6.06. The standard InChI is InChI=1S/C38H39N5O6/c44-33-16-14-30(31-15-17-35(46)42-37(31)33)34(45)23-39-22-25-10-12-27(13-11-25)40-36(47)24-43-20-18-28(19-21-43)49-38(48)41-32-9-5-4-8-29(32)26-6-2-1-3-7-26/h1-17,28,34,39,44-45H,18-24H2,(H,40,47)(H,41,48)(H,42,46). The zero-order valence-electron chi connectivity index (χ0n) is 26.9. The summed E-state index contributed by atoms with van der Waals surface area (Å²) in [6.07, 6.45) is -0.293. The van der Waals surface area contributed by atoms with Gasteiger partial charge < -0.3 is 30.6 Å². The lowest BCUT2D eigenvalue weighted by molar-refractivity contribution is -0.117. The van der Waals surface area contributed by atoms with E-state index in [1.165, 1.54) is 12.1 Å². The van der Waals surface area contributed by atoms with Gasteiger partial charge in [0.05, 0.1) is 23.9 Å². The van der Waals surface area contributed by atoms with Crippen LogP contribution in [0.1, 0.15) is 30.1 Å². The van der Waals surface area contributed by atoms with Crippen LogP contribution in [0.4, 0.5) is 16.2 Å². The minimum absolute atomic E-state index is 0.0540. The van der Waals surface area contributed by atoms with Crippen molar-refractivity contribution < 1.29 is 24.5 Å². The summed E-state index contributed by atoms with van der Waals surface area (Å²) < 4.78 is 5.72. The predicted molar refractivity (Wildman–Crippen MR) is 189 cm³/mol. The van der Waals surface area contributed by atoms with Gasteiger partial charge in [-0.05, 0) is 59.9 Å². The molecule has 4 aromatic carbocycles. The molecule has 0 spiro atoms. The molecule has 11 heteroatoms. The molecule has 2 heterocycles. The van der Waals surface area contributed by atoms with Crippen LogP contribution in [0.25, 0.3) is 22.0 Å². The van der Waals surface area contributed by atoms with Crippen molar-refractivity contribution in [2.45, 2.75) is 31.6 Å². The quantitative estimate of drug-likeness (QED) is 0.110. The fraction of sp³-hybridized carbons (Fsp3) is 0.237. The number of aromatic hydroxyl groups is 1. The number of aliphatic hydroxyl groups is 1. The first-order chi connectivity index (χ1) is 23.8. The Bertz CT molecular complexity index is 1960. The maximum atomic E-state index is 12.8. The van der Waals surface area contributed by atoms with Crippen LogP contribution in [0.2, 0.25) is 0 Å². The molecule has 1 unspecified atom stereocenters. The van der Waals surface area contributed by atoms with Crippen LogP contribution in [-0.4, -0.2) is 64.4 Å². The first kappa shape index (κ1) is 33.4. The summed E-state index contributed by atoms with van der Waals surface area (Å²) >= 11 is 0. The summed E-state index contributed by atoms with van der Waals surface area (Å²) in [5.41, 5.74) is 4.83. The first-order valence-electron chi connectivity index (χ1n) is 16.3. The lowest BCUT2D eigenvalue weighted by Gasteiger charge is -2.31. The monoisotopic (exact) mass is 661 g/mol. The van der Waals surface area contributed by atoms with Gasteiger partial charge in [-0.3, -0.25) is 19.8 Å². The molecule has 1 aliphatic rings. The van der Waals surface area contributed by atoms with E-state index in [0.717, 1.165) is 16.7 Å². The predicted octanol–water partition coefficient (Wildman–Crippen LogP) is 5.38. The second kappa shape index (κ2) is 15.6. The molecule has 1 saturated heterocycles. The van der Waals surface area contributed by atoms with Gasteiger partial charge in [-0.15, -0.1) is 0 Å². The van der Waals surface area contributed by atoms with Crippen molar-refractivity contribution in [3.63, 3.8) is 0 Å². The number of fused-ring (bicyclic) bond motifs is 1. The third-order valence-corrected chi connectivity index (χ3v) is 8.59. The minimum atomic E-state index is -0.858. The van der Waals surface area contributed by atoms with Crippen molar-refractivity contribution >= 4 is 34.3 Å². The number of hydrogen-bond acceptors (Lipinski definition) is 8. The number of para-hydroxylation sites is 1. The van der Waals surface area contributed by atoms with Crippen LogP contribution >= 0.6 is 0 Å². The Kier molecular flexibility index (Phi) is 10.6. The number of hydrogen-bond donors (Lipinski definition) is 6. The van der Waals surface area contributed by atoms with Gasteiger partial charge in [0.25, 0.3) is 0 Å². The van der Waals surface area contributed by atoms with Crippen molar-refractivity contribution in [2.75, 3.05) is 36.8 Å². The van der Waals surface area contributed by atoms with Gasteiger partial charge in [-0.25, -0.2) is 4.79 Å². The van der Waals surface area contributed by atoms with Gasteiger partial charge in [0.1, 0.15) is 11.9 Å². The van der Waals surface area contributed by atoms with E-state index in [1.54, 1.807) is 12.1 Å². The summed E-state index contributed by atoms with van der Waals surface area (Å²) in [7, 11) is 0. The number of aliphatic hydroxyl groups excluding tert-OH is 1. The molecule has 49 heavy (non-hydrogen) atoms. The molecule has 1 aromatic heterocycles. The molecule has 1 fully saturated rings. The van der Waals surface area contributed by atoms with Gasteiger partial charge >= 0.3 is 6.09 Å². The van der Waals surface area contributed by atoms with E-state index in [0.29, 0.717) is 60.3 Å². The number of pyridine rings is 1. The van der Waals surface area contributed by atoms with Gasteiger partial charge in [-0.1, -0.05) is 66.7 Å². The number of benzene rings is 4. The molecule has 1 atom stereocenters. The highest BCUT2D eigenvalue weighted by atomic mass is 16.6. The molecule has 0 aliphatic carbocycles. The molecule has 0 bridgehead atoms. The molecular formula is C38H39N5O6. The third-order valence-electron chi connectivity index (χ3n) is 8.59. The number of likely N-dealkylation sites (tertiary alicyclic amines) is 1. The fourth-order valence-electron chi connectivity index (χ4n) is 6.06. The highest BCUT2D eigenvalue weighted by Crippen LogP contribution is 2.29. The normalized spacial score (nSPS) is 14.3. The van der Waals surface area contributed by atoms with Crippen molar-refractivity contribution in [1.29, 1.82) is 0 Å². The topological polar surface area (TPSA) is 156 Å². The SMILES string of the molecule is O=C(CN1CCC(OC(=O)Nc2ccccc2-c2ccccc2)CC1)Nc1ccc(CNCC(O)c2ccc(O)c3[nH]c(=O)ccc23)cc1. The molecular weight excluding hydrogens is 622 g/mol. The number of anilines is 2. The summed E-state index contributed by atoms with van der Waals surface area (Å²) in [4.78, 5) is 41.8.